The molecule has 0 saturated carbocycles. The number of aliphatic hydroxyl groups excluding tert-OH is 1. The zero-order valence-electron chi connectivity index (χ0n) is 8.19. The molecule has 4 nitrogen and oxygen atoms in total. The maximum atomic E-state index is 8.61. The van der Waals surface area contributed by atoms with Crippen LogP contribution in [-0.4, -0.2) is 25.4 Å². The van der Waals surface area contributed by atoms with Crippen LogP contribution in [0.1, 0.15) is 5.56 Å². The van der Waals surface area contributed by atoms with Crippen molar-refractivity contribution in [1.29, 1.82) is 0 Å². The van der Waals surface area contributed by atoms with E-state index in [-0.39, 0.29) is 13.2 Å². The van der Waals surface area contributed by atoms with Crippen molar-refractivity contribution in [3.8, 4) is 11.5 Å². The zero-order chi connectivity index (χ0) is 10.4. The third-order valence-electron chi connectivity index (χ3n) is 1.81. The quantitative estimate of drug-likeness (QED) is 0.722. The van der Waals surface area contributed by atoms with Crippen molar-refractivity contribution in [2.75, 3.05) is 20.3 Å². The lowest BCUT2D eigenvalue weighted by molar-refractivity contribution is 0.196. The average Bonchev–Trinajstić information content (AvgIpc) is 2.26. The molecule has 78 valence electrons. The van der Waals surface area contributed by atoms with E-state index in [1.807, 2.05) is 12.1 Å². The van der Waals surface area contributed by atoms with Crippen LogP contribution in [0.3, 0.4) is 0 Å². The number of hydrogen-bond acceptors (Lipinski definition) is 4. The second-order valence-corrected chi connectivity index (χ2v) is 2.76. The largest absolute Gasteiger partial charge is 0.493 e. The van der Waals surface area contributed by atoms with E-state index in [0.29, 0.717) is 18.0 Å². The molecule has 1 aromatic carbocycles. The highest BCUT2D eigenvalue weighted by Gasteiger charge is 2.04. The van der Waals surface area contributed by atoms with Crippen molar-refractivity contribution in [2.24, 2.45) is 5.73 Å². The number of methoxy groups -OCH3 is 1. The molecular weight excluding hydrogens is 182 g/mol. The van der Waals surface area contributed by atoms with Crippen LogP contribution >= 0.6 is 0 Å². The van der Waals surface area contributed by atoms with Crippen LogP contribution in [0.25, 0.3) is 0 Å². The van der Waals surface area contributed by atoms with Crippen molar-refractivity contribution in [3.05, 3.63) is 23.8 Å². The van der Waals surface area contributed by atoms with Crippen LogP contribution in [-0.2, 0) is 6.54 Å². The van der Waals surface area contributed by atoms with Crippen LogP contribution in [0.2, 0.25) is 0 Å². The van der Waals surface area contributed by atoms with Crippen LogP contribution in [0.15, 0.2) is 18.2 Å². The number of hydrogen-bond donors (Lipinski definition) is 2. The molecule has 0 atom stereocenters. The second-order valence-electron chi connectivity index (χ2n) is 2.76. The highest BCUT2D eigenvalue weighted by molar-refractivity contribution is 5.42. The minimum absolute atomic E-state index is 0.0121. The molecule has 0 heterocycles. The molecule has 0 amide bonds. The number of rotatable bonds is 5. The number of nitrogens with two attached hydrogens (primary N) is 1. The van der Waals surface area contributed by atoms with E-state index in [2.05, 4.69) is 0 Å². The van der Waals surface area contributed by atoms with E-state index < -0.39 is 0 Å². The Kier molecular flexibility index (Phi) is 4.22. The summed E-state index contributed by atoms with van der Waals surface area (Å²) >= 11 is 0. The van der Waals surface area contributed by atoms with Gasteiger partial charge in [0.05, 0.1) is 13.7 Å². The Labute approximate surface area is 83.3 Å². The molecule has 4 heteroatoms. The van der Waals surface area contributed by atoms with Crippen molar-refractivity contribution in [3.63, 3.8) is 0 Å². The average molecular weight is 197 g/mol. The first kappa shape index (κ1) is 10.8. The Balaban J connectivity index is 2.82. The van der Waals surface area contributed by atoms with Gasteiger partial charge in [0.15, 0.2) is 11.5 Å². The molecule has 0 aliphatic rings. The smallest absolute Gasteiger partial charge is 0.161 e. The van der Waals surface area contributed by atoms with Gasteiger partial charge < -0.3 is 20.3 Å². The fourth-order valence-corrected chi connectivity index (χ4v) is 1.11. The molecule has 3 N–H and O–H groups in total. The minimum Gasteiger partial charge on any atom is -0.493 e. The van der Waals surface area contributed by atoms with E-state index in [4.69, 9.17) is 20.3 Å². The van der Waals surface area contributed by atoms with Gasteiger partial charge in [0.2, 0.25) is 0 Å². The Morgan fingerprint density at radius 3 is 2.71 bits per heavy atom. The van der Waals surface area contributed by atoms with Crippen molar-refractivity contribution in [1.82, 2.24) is 0 Å². The number of benzene rings is 1. The summed E-state index contributed by atoms with van der Waals surface area (Å²) in [6, 6.07) is 5.48. The first-order valence-electron chi connectivity index (χ1n) is 4.42. The van der Waals surface area contributed by atoms with Crippen molar-refractivity contribution in [2.45, 2.75) is 6.54 Å². The molecule has 0 bridgehead atoms. The van der Waals surface area contributed by atoms with E-state index in [1.165, 1.54) is 0 Å². The summed E-state index contributed by atoms with van der Waals surface area (Å²) in [6.07, 6.45) is 0. The fourth-order valence-electron chi connectivity index (χ4n) is 1.11. The molecule has 0 aromatic heterocycles. The highest BCUT2D eigenvalue weighted by atomic mass is 16.5. The third-order valence-corrected chi connectivity index (χ3v) is 1.81. The summed E-state index contributed by atoms with van der Waals surface area (Å²) in [6.45, 7) is 0.719. The fraction of sp³-hybridized carbons (Fsp3) is 0.400. The van der Waals surface area contributed by atoms with Gasteiger partial charge in [0.25, 0.3) is 0 Å². The van der Waals surface area contributed by atoms with E-state index >= 15 is 0 Å². The molecule has 1 rings (SSSR count). The number of ether oxygens (including phenoxy) is 2. The van der Waals surface area contributed by atoms with Gasteiger partial charge in [0, 0.05) is 6.54 Å². The van der Waals surface area contributed by atoms with E-state index in [9.17, 15) is 0 Å². The Morgan fingerprint density at radius 1 is 1.36 bits per heavy atom. The lowest BCUT2D eigenvalue weighted by Crippen LogP contribution is -2.04. The van der Waals surface area contributed by atoms with Crippen LogP contribution < -0.4 is 15.2 Å². The summed E-state index contributed by atoms with van der Waals surface area (Å²) < 4.78 is 10.4. The third kappa shape index (κ3) is 2.61. The van der Waals surface area contributed by atoms with Gasteiger partial charge in [-0.2, -0.15) is 0 Å². The predicted molar refractivity (Wildman–Crippen MR) is 53.5 cm³/mol. The maximum Gasteiger partial charge on any atom is 0.161 e. The molecule has 0 aliphatic carbocycles. The van der Waals surface area contributed by atoms with Crippen molar-refractivity contribution < 1.29 is 14.6 Å². The molecule has 1 aromatic rings. The zero-order valence-corrected chi connectivity index (χ0v) is 8.19. The van der Waals surface area contributed by atoms with Crippen LogP contribution in [0.4, 0.5) is 0 Å². The Bertz CT molecular complexity index is 289. The molecule has 0 aliphatic heterocycles. The van der Waals surface area contributed by atoms with Gasteiger partial charge in [-0.15, -0.1) is 0 Å². The Morgan fingerprint density at radius 2 is 2.14 bits per heavy atom. The van der Waals surface area contributed by atoms with Gasteiger partial charge in [-0.1, -0.05) is 6.07 Å². The molecule has 14 heavy (non-hydrogen) atoms. The monoisotopic (exact) mass is 197 g/mol. The first-order chi connectivity index (χ1) is 6.81. The molecule has 0 saturated heterocycles. The van der Waals surface area contributed by atoms with E-state index in [0.717, 1.165) is 5.56 Å². The summed E-state index contributed by atoms with van der Waals surface area (Å²) in [5.74, 6) is 1.26. The summed E-state index contributed by atoms with van der Waals surface area (Å²) in [5.41, 5.74) is 6.47. The minimum atomic E-state index is -0.0121. The molecule has 0 spiro atoms. The van der Waals surface area contributed by atoms with Crippen LogP contribution in [0, 0.1) is 0 Å². The first-order valence-corrected chi connectivity index (χ1v) is 4.42. The number of aliphatic hydroxyl groups is 1. The van der Waals surface area contributed by atoms with Crippen molar-refractivity contribution >= 4 is 0 Å². The lowest BCUT2D eigenvalue weighted by Gasteiger charge is -2.10. The van der Waals surface area contributed by atoms with Crippen LogP contribution in [0.5, 0.6) is 11.5 Å². The summed E-state index contributed by atoms with van der Waals surface area (Å²) in [4.78, 5) is 0. The molecular formula is C10H15NO3. The second kappa shape index (κ2) is 5.47. The molecule has 0 fully saturated rings. The summed E-state index contributed by atoms with van der Waals surface area (Å²) in [7, 11) is 1.57. The SMILES string of the molecule is COc1cc(CN)ccc1OCCO. The lowest BCUT2D eigenvalue weighted by atomic mass is 10.2. The van der Waals surface area contributed by atoms with Gasteiger partial charge in [-0.05, 0) is 17.7 Å². The predicted octanol–water partition coefficient (Wildman–Crippen LogP) is 0.525. The van der Waals surface area contributed by atoms with Gasteiger partial charge in [-0.3, -0.25) is 0 Å². The topological polar surface area (TPSA) is 64.7 Å². The normalized spacial score (nSPS) is 9.93. The molecule has 0 unspecified atom stereocenters. The van der Waals surface area contributed by atoms with Gasteiger partial charge >= 0.3 is 0 Å². The standard InChI is InChI=1S/C10H15NO3/c1-13-10-6-8(7-11)2-3-9(10)14-5-4-12/h2-3,6,12H,4-5,7,11H2,1H3. The van der Waals surface area contributed by atoms with E-state index in [1.54, 1.807) is 13.2 Å². The van der Waals surface area contributed by atoms with Gasteiger partial charge in [0.1, 0.15) is 6.61 Å². The maximum absolute atomic E-state index is 8.61. The Hall–Kier alpha value is -1.26. The summed E-state index contributed by atoms with van der Waals surface area (Å²) in [5, 5.41) is 8.61. The highest BCUT2D eigenvalue weighted by Crippen LogP contribution is 2.27. The van der Waals surface area contributed by atoms with Gasteiger partial charge in [-0.25, -0.2) is 0 Å². The molecule has 0 radical (unpaired) electrons.